The van der Waals surface area contributed by atoms with Crippen LogP contribution in [0.5, 0.6) is 0 Å². The lowest BCUT2D eigenvalue weighted by atomic mass is 10.1. The first-order valence-corrected chi connectivity index (χ1v) is 5.44. The molecule has 0 fully saturated rings. The normalized spacial score (nSPS) is 10.3. The fourth-order valence-electron chi connectivity index (χ4n) is 1.42. The van der Waals surface area contributed by atoms with Crippen molar-refractivity contribution in [3.8, 4) is 6.07 Å². The van der Waals surface area contributed by atoms with E-state index >= 15 is 0 Å². The van der Waals surface area contributed by atoms with Gasteiger partial charge in [0.25, 0.3) is 0 Å². The van der Waals surface area contributed by atoms with Gasteiger partial charge in [-0.25, -0.2) is 0 Å². The maximum Gasteiger partial charge on any atom is 0.0996 e. The summed E-state index contributed by atoms with van der Waals surface area (Å²) in [6.07, 6.45) is 0. The van der Waals surface area contributed by atoms with E-state index in [1.807, 2.05) is 17.5 Å². The minimum absolute atomic E-state index is 0.278. The summed E-state index contributed by atoms with van der Waals surface area (Å²) in [5, 5.41) is 11.9. The zero-order valence-electron chi connectivity index (χ0n) is 7.25. The molecule has 2 N–H and O–H groups in total. The van der Waals surface area contributed by atoms with Crippen molar-refractivity contribution >= 4 is 38.7 Å². The zero-order chi connectivity index (χ0) is 10.1. The predicted octanol–water partition coefficient (Wildman–Crippen LogP) is 3.09. The molecule has 0 saturated carbocycles. The molecule has 0 aliphatic rings. The molecule has 0 amide bonds. The molecule has 1 heterocycles. The third-order valence-corrected chi connectivity index (χ3v) is 3.30. The standard InChI is InChI=1S/C10H7ClN2S/c11-4-8-6(5-12)3-9-7(10(8)13)1-2-14-9/h1-3H,4,13H2. The fraction of sp³-hybridized carbons (Fsp3) is 0.100. The number of alkyl halides is 1. The molecule has 0 radical (unpaired) electrons. The number of nitrogen functional groups attached to an aromatic ring is 1. The van der Waals surface area contributed by atoms with Gasteiger partial charge in [-0.1, -0.05) is 0 Å². The molecule has 14 heavy (non-hydrogen) atoms. The Morgan fingerprint density at radius 1 is 1.57 bits per heavy atom. The van der Waals surface area contributed by atoms with Crippen molar-refractivity contribution in [3.05, 3.63) is 28.6 Å². The van der Waals surface area contributed by atoms with Crippen LogP contribution in [0.2, 0.25) is 0 Å². The summed E-state index contributed by atoms with van der Waals surface area (Å²) in [4.78, 5) is 0. The molecule has 2 rings (SSSR count). The summed E-state index contributed by atoms with van der Waals surface area (Å²) in [7, 11) is 0. The number of anilines is 1. The first-order valence-electron chi connectivity index (χ1n) is 4.02. The summed E-state index contributed by atoms with van der Waals surface area (Å²) < 4.78 is 1.04. The second-order valence-electron chi connectivity index (χ2n) is 2.89. The second-order valence-corrected chi connectivity index (χ2v) is 4.11. The Balaban J connectivity index is 2.87. The molecule has 2 nitrogen and oxygen atoms in total. The predicted molar refractivity (Wildman–Crippen MR) is 60.5 cm³/mol. The van der Waals surface area contributed by atoms with Crippen molar-refractivity contribution < 1.29 is 0 Å². The van der Waals surface area contributed by atoms with Crippen LogP contribution in [0.3, 0.4) is 0 Å². The van der Waals surface area contributed by atoms with Crippen molar-refractivity contribution in [3.63, 3.8) is 0 Å². The Labute approximate surface area is 90.5 Å². The molecule has 0 aliphatic heterocycles. The largest absolute Gasteiger partial charge is 0.398 e. The summed E-state index contributed by atoms with van der Waals surface area (Å²) in [5.74, 6) is 0.278. The van der Waals surface area contributed by atoms with Crippen molar-refractivity contribution in [1.29, 1.82) is 5.26 Å². The first-order chi connectivity index (χ1) is 6.77. The van der Waals surface area contributed by atoms with Gasteiger partial charge in [-0.2, -0.15) is 5.26 Å². The molecule has 0 saturated heterocycles. The smallest absolute Gasteiger partial charge is 0.0996 e. The van der Waals surface area contributed by atoms with Gasteiger partial charge >= 0.3 is 0 Å². The third kappa shape index (κ3) is 1.24. The number of thiophene rings is 1. The number of halogens is 1. The van der Waals surface area contributed by atoms with Gasteiger partial charge in [-0.05, 0) is 17.5 Å². The molecule has 70 valence electrons. The van der Waals surface area contributed by atoms with E-state index < -0.39 is 0 Å². The molecule has 0 unspecified atom stereocenters. The van der Waals surface area contributed by atoms with Crippen molar-refractivity contribution in [2.75, 3.05) is 5.73 Å². The molecular weight excluding hydrogens is 216 g/mol. The highest BCUT2D eigenvalue weighted by Crippen LogP contribution is 2.32. The van der Waals surface area contributed by atoms with Gasteiger partial charge in [0, 0.05) is 21.3 Å². The van der Waals surface area contributed by atoms with Gasteiger partial charge in [-0.15, -0.1) is 22.9 Å². The summed E-state index contributed by atoms with van der Waals surface area (Å²) >= 11 is 7.33. The number of benzene rings is 1. The van der Waals surface area contributed by atoms with E-state index in [9.17, 15) is 0 Å². The third-order valence-electron chi connectivity index (χ3n) is 2.17. The quantitative estimate of drug-likeness (QED) is 0.596. The number of nitriles is 1. The van der Waals surface area contributed by atoms with Crippen LogP contribution in [0, 0.1) is 11.3 Å². The Hall–Kier alpha value is -1.24. The van der Waals surface area contributed by atoms with E-state index in [4.69, 9.17) is 22.6 Å². The van der Waals surface area contributed by atoms with Gasteiger partial charge in [-0.3, -0.25) is 0 Å². The Morgan fingerprint density at radius 2 is 2.36 bits per heavy atom. The van der Waals surface area contributed by atoms with Crippen LogP contribution in [0.1, 0.15) is 11.1 Å². The number of hydrogen-bond acceptors (Lipinski definition) is 3. The van der Waals surface area contributed by atoms with Gasteiger partial charge in [0.05, 0.1) is 17.5 Å². The number of nitrogens with two attached hydrogens (primary N) is 1. The molecule has 2 aromatic rings. The average molecular weight is 223 g/mol. The second kappa shape index (κ2) is 3.49. The lowest BCUT2D eigenvalue weighted by Crippen LogP contribution is -1.95. The van der Waals surface area contributed by atoms with Gasteiger partial charge in [0.1, 0.15) is 0 Å². The topological polar surface area (TPSA) is 49.8 Å². The lowest BCUT2D eigenvalue weighted by Gasteiger charge is -2.05. The maximum atomic E-state index is 8.91. The van der Waals surface area contributed by atoms with Crippen molar-refractivity contribution in [2.45, 2.75) is 5.88 Å². The number of rotatable bonds is 1. The van der Waals surface area contributed by atoms with Gasteiger partial charge < -0.3 is 5.73 Å². The number of fused-ring (bicyclic) bond motifs is 1. The van der Waals surface area contributed by atoms with Crippen LogP contribution < -0.4 is 5.73 Å². The SMILES string of the molecule is N#Cc1cc2sccc2c(N)c1CCl. The molecular formula is C10H7ClN2S. The highest BCUT2D eigenvalue weighted by Gasteiger charge is 2.10. The fourth-order valence-corrected chi connectivity index (χ4v) is 2.55. The van der Waals surface area contributed by atoms with E-state index in [1.54, 1.807) is 11.3 Å². The van der Waals surface area contributed by atoms with Crippen molar-refractivity contribution in [1.82, 2.24) is 0 Å². The highest BCUT2D eigenvalue weighted by atomic mass is 35.5. The molecule has 0 bridgehead atoms. The highest BCUT2D eigenvalue weighted by molar-refractivity contribution is 7.17. The van der Waals surface area contributed by atoms with Crippen LogP contribution in [0.4, 0.5) is 5.69 Å². The molecule has 0 spiro atoms. The van der Waals surface area contributed by atoms with Gasteiger partial charge in [0.15, 0.2) is 0 Å². The number of nitrogens with zero attached hydrogens (tertiary/aromatic N) is 1. The van der Waals surface area contributed by atoms with Crippen molar-refractivity contribution in [2.24, 2.45) is 0 Å². The Bertz CT molecular complexity index is 525. The minimum atomic E-state index is 0.278. The van der Waals surface area contributed by atoms with Gasteiger partial charge in [0.2, 0.25) is 0 Å². The zero-order valence-corrected chi connectivity index (χ0v) is 8.82. The van der Waals surface area contributed by atoms with Crippen LogP contribution in [0.15, 0.2) is 17.5 Å². The number of hydrogen-bond donors (Lipinski definition) is 1. The van der Waals surface area contributed by atoms with Crippen LogP contribution in [-0.2, 0) is 5.88 Å². The van der Waals surface area contributed by atoms with Crippen LogP contribution in [-0.4, -0.2) is 0 Å². The molecule has 0 atom stereocenters. The summed E-state index contributed by atoms with van der Waals surface area (Å²) in [6.45, 7) is 0. The van der Waals surface area contributed by atoms with E-state index in [0.717, 1.165) is 15.6 Å². The summed E-state index contributed by atoms with van der Waals surface area (Å²) in [6, 6.07) is 5.90. The monoisotopic (exact) mass is 222 g/mol. The molecule has 4 heteroatoms. The summed E-state index contributed by atoms with van der Waals surface area (Å²) in [5.41, 5.74) is 7.87. The maximum absolute atomic E-state index is 8.91. The van der Waals surface area contributed by atoms with Crippen LogP contribution >= 0.6 is 22.9 Å². The lowest BCUT2D eigenvalue weighted by molar-refractivity contribution is 1.37. The average Bonchev–Trinajstić information content (AvgIpc) is 2.65. The van der Waals surface area contributed by atoms with Crippen LogP contribution in [0.25, 0.3) is 10.1 Å². The van der Waals surface area contributed by atoms with E-state index in [-0.39, 0.29) is 5.88 Å². The van der Waals surface area contributed by atoms with E-state index in [0.29, 0.717) is 11.3 Å². The van der Waals surface area contributed by atoms with E-state index in [2.05, 4.69) is 6.07 Å². The molecule has 1 aromatic heterocycles. The van der Waals surface area contributed by atoms with E-state index in [1.165, 1.54) is 0 Å². The molecule has 1 aromatic carbocycles. The Morgan fingerprint density at radius 3 is 3.00 bits per heavy atom. The Kier molecular flexibility index (Phi) is 2.32. The minimum Gasteiger partial charge on any atom is -0.398 e. The first kappa shape index (κ1) is 9.32. The molecule has 0 aliphatic carbocycles.